The van der Waals surface area contributed by atoms with Crippen molar-refractivity contribution in [2.45, 2.75) is 6.92 Å². The number of hydrogen-bond donors (Lipinski definition) is 0. The lowest BCUT2D eigenvalue weighted by atomic mass is 10.0. The molecule has 0 aliphatic heterocycles. The van der Waals surface area contributed by atoms with Gasteiger partial charge in [0.05, 0.1) is 0 Å². The van der Waals surface area contributed by atoms with Crippen molar-refractivity contribution < 1.29 is 0 Å². The number of benzene rings is 3. The summed E-state index contributed by atoms with van der Waals surface area (Å²) in [6, 6.07) is 23.4. The molecule has 0 bridgehead atoms. The van der Waals surface area contributed by atoms with E-state index < -0.39 is 0 Å². The van der Waals surface area contributed by atoms with Crippen molar-refractivity contribution in [3.05, 3.63) is 83.4 Å². The van der Waals surface area contributed by atoms with E-state index in [1.165, 1.54) is 27.5 Å². The Balaban J connectivity index is 2.01. The predicted octanol–water partition coefficient (Wildman–Crippen LogP) is 5.32. The molecule has 0 unspecified atom stereocenters. The first-order valence-electron chi connectivity index (χ1n) is 6.55. The third-order valence-electron chi connectivity index (χ3n) is 3.39. The van der Waals surface area contributed by atoms with Crippen LogP contribution in [0, 0.1) is 6.92 Å². The molecule has 0 saturated heterocycles. The van der Waals surface area contributed by atoms with Crippen LogP contribution in [0.2, 0.25) is 0 Å². The summed E-state index contributed by atoms with van der Waals surface area (Å²) in [5.74, 6) is 0. The quantitative estimate of drug-likeness (QED) is 0.535. The van der Waals surface area contributed by atoms with Crippen molar-refractivity contribution in [1.29, 1.82) is 0 Å². The van der Waals surface area contributed by atoms with E-state index in [1.54, 1.807) is 0 Å². The Morgan fingerprint density at radius 1 is 0.684 bits per heavy atom. The van der Waals surface area contributed by atoms with Gasteiger partial charge in [0.1, 0.15) is 0 Å². The molecule has 0 aliphatic carbocycles. The first kappa shape index (κ1) is 11.7. The number of fused-ring (bicyclic) bond motifs is 1. The molecule has 3 aromatic rings. The van der Waals surface area contributed by atoms with E-state index in [4.69, 9.17) is 0 Å². The highest BCUT2D eigenvalue weighted by molar-refractivity contribution is 5.87. The molecule has 3 aromatic carbocycles. The van der Waals surface area contributed by atoms with Gasteiger partial charge in [-0.2, -0.15) is 0 Å². The standard InChI is InChI=1S/C19H16/c1-15-13-18-9-5-6-10-19(18)14-17(15)12-11-16-7-3-2-4-8-16/h2-14H,1H3. The van der Waals surface area contributed by atoms with Crippen LogP contribution in [-0.2, 0) is 0 Å². The molecule has 0 aliphatic rings. The minimum Gasteiger partial charge on any atom is -0.0622 e. The Kier molecular flexibility index (Phi) is 3.16. The van der Waals surface area contributed by atoms with Gasteiger partial charge in [0, 0.05) is 0 Å². The Labute approximate surface area is 114 Å². The molecular formula is C19H16. The maximum absolute atomic E-state index is 2.25. The van der Waals surface area contributed by atoms with Crippen LogP contribution in [0.4, 0.5) is 0 Å². The highest BCUT2D eigenvalue weighted by atomic mass is 14.0. The zero-order valence-electron chi connectivity index (χ0n) is 11.0. The first-order chi connectivity index (χ1) is 9.33. The third kappa shape index (κ3) is 2.58. The third-order valence-corrected chi connectivity index (χ3v) is 3.39. The van der Waals surface area contributed by atoms with Crippen molar-refractivity contribution in [2.24, 2.45) is 0 Å². The average molecular weight is 244 g/mol. The average Bonchev–Trinajstić information content (AvgIpc) is 2.46. The first-order valence-corrected chi connectivity index (χ1v) is 6.55. The second-order valence-corrected chi connectivity index (χ2v) is 4.80. The van der Waals surface area contributed by atoms with E-state index in [1.807, 2.05) is 6.07 Å². The molecule has 0 nitrogen and oxygen atoms in total. The molecule has 3 rings (SSSR count). The summed E-state index contributed by atoms with van der Waals surface area (Å²) in [7, 11) is 0. The molecule has 0 atom stereocenters. The van der Waals surface area contributed by atoms with Gasteiger partial charge in [0.2, 0.25) is 0 Å². The summed E-state index contributed by atoms with van der Waals surface area (Å²) in [4.78, 5) is 0. The molecule has 0 saturated carbocycles. The van der Waals surface area contributed by atoms with Gasteiger partial charge in [-0.15, -0.1) is 0 Å². The van der Waals surface area contributed by atoms with Crippen molar-refractivity contribution in [2.75, 3.05) is 0 Å². The Morgan fingerprint density at radius 2 is 1.32 bits per heavy atom. The molecule has 0 heterocycles. The Hall–Kier alpha value is -2.34. The van der Waals surface area contributed by atoms with Crippen LogP contribution < -0.4 is 0 Å². The van der Waals surface area contributed by atoms with Crippen molar-refractivity contribution in [3.8, 4) is 0 Å². The smallest absolute Gasteiger partial charge is 0.0178 e. The Bertz CT molecular complexity index is 721. The van der Waals surface area contributed by atoms with Crippen LogP contribution >= 0.6 is 0 Å². The van der Waals surface area contributed by atoms with Crippen LogP contribution in [0.5, 0.6) is 0 Å². The highest BCUT2D eigenvalue weighted by Gasteiger charge is 1.98. The zero-order chi connectivity index (χ0) is 13.1. The monoisotopic (exact) mass is 244 g/mol. The lowest BCUT2D eigenvalue weighted by molar-refractivity contribution is 1.47. The normalized spacial score (nSPS) is 11.2. The molecule has 92 valence electrons. The van der Waals surface area contributed by atoms with E-state index in [0.717, 1.165) is 0 Å². The summed E-state index contributed by atoms with van der Waals surface area (Å²) in [6.07, 6.45) is 4.36. The van der Waals surface area contributed by atoms with Crippen LogP contribution in [-0.4, -0.2) is 0 Å². The molecule has 19 heavy (non-hydrogen) atoms. The van der Waals surface area contributed by atoms with Crippen molar-refractivity contribution in [1.82, 2.24) is 0 Å². The van der Waals surface area contributed by atoms with Crippen molar-refractivity contribution in [3.63, 3.8) is 0 Å². The molecule has 0 spiro atoms. The predicted molar refractivity (Wildman–Crippen MR) is 84.1 cm³/mol. The van der Waals surface area contributed by atoms with Crippen LogP contribution in [0.15, 0.2) is 66.7 Å². The van der Waals surface area contributed by atoms with Gasteiger partial charge in [-0.3, -0.25) is 0 Å². The lowest BCUT2D eigenvalue weighted by Gasteiger charge is -2.04. The second kappa shape index (κ2) is 5.11. The Morgan fingerprint density at radius 3 is 2.05 bits per heavy atom. The van der Waals surface area contributed by atoms with E-state index >= 15 is 0 Å². The molecule has 0 amide bonds. The van der Waals surface area contributed by atoms with E-state index in [-0.39, 0.29) is 0 Å². The van der Waals surface area contributed by atoms with Crippen molar-refractivity contribution >= 4 is 22.9 Å². The van der Waals surface area contributed by atoms with Gasteiger partial charge < -0.3 is 0 Å². The minimum absolute atomic E-state index is 1.23. The molecule has 0 heteroatoms. The summed E-state index contributed by atoms with van der Waals surface area (Å²) < 4.78 is 0. The van der Waals surface area contributed by atoms with Crippen LogP contribution in [0.25, 0.3) is 22.9 Å². The molecule has 0 N–H and O–H groups in total. The fraction of sp³-hybridized carbons (Fsp3) is 0.0526. The molecule has 0 radical (unpaired) electrons. The maximum Gasteiger partial charge on any atom is -0.0178 e. The molecular weight excluding hydrogens is 228 g/mol. The summed E-state index contributed by atoms with van der Waals surface area (Å²) in [6.45, 7) is 2.16. The maximum atomic E-state index is 2.25. The van der Waals surface area contributed by atoms with Gasteiger partial charge in [-0.25, -0.2) is 0 Å². The fourth-order valence-electron chi connectivity index (χ4n) is 2.30. The van der Waals surface area contributed by atoms with E-state index in [2.05, 4.69) is 79.7 Å². The second-order valence-electron chi connectivity index (χ2n) is 4.80. The summed E-state index contributed by atoms with van der Waals surface area (Å²) in [5.41, 5.74) is 3.82. The minimum atomic E-state index is 1.23. The molecule has 0 fully saturated rings. The van der Waals surface area contributed by atoms with E-state index in [9.17, 15) is 0 Å². The highest BCUT2D eigenvalue weighted by Crippen LogP contribution is 2.21. The van der Waals surface area contributed by atoms with Crippen LogP contribution in [0.3, 0.4) is 0 Å². The van der Waals surface area contributed by atoms with E-state index in [0.29, 0.717) is 0 Å². The topological polar surface area (TPSA) is 0 Å². The van der Waals surface area contributed by atoms with Gasteiger partial charge in [0.25, 0.3) is 0 Å². The zero-order valence-corrected chi connectivity index (χ0v) is 11.0. The SMILES string of the molecule is Cc1cc2ccccc2cc1C=Cc1ccccc1. The molecule has 0 aromatic heterocycles. The van der Waals surface area contributed by atoms with Crippen LogP contribution in [0.1, 0.15) is 16.7 Å². The number of rotatable bonds is 2. The largest absolute Gasteiger partial charge is 0.0622 e. The van der Waals surface area contributed by atoms with Gasteiger partial charge in [0.15, 0.2) is 0 Å². The summed E-state index contributed by atoms with van der Waals surface area (Å²) in [5, 5.41) is 2.60. The van der Waals surface area contributed by atoms with Gasteiger partial charge in [-0.05, 0) is 40.5 Å². The summed E-state index contributed by atoms with van der Waals surface area (Å²) >= 11 is 0. The van der Waals surface area contributed by atoms with Gasteiger partial charge in [-0.1, -0.05) is 72.8 Å². The fourth-order valence-corrected chi connectivity index (χ4v) is 2.30. The lowest BCUT2D eigenvalue weighted by Crippen LogP contribution is -1.82. The number of aryl methyl sites for hydroxylation is 1. The van der Waals surface area contributed by atoms with Gasteiger partial charge >= 0.3 is 0 Å². The number of hydrogen-bond acceptors (Lipinski definition) is 0.